The molecule has 1 heterocycles. The summed E-state index contributed by atoms with van der Waals surface area (Å²) in [6, 6.07) is 5.57. The van der Waals surface area contributed by atoms with Crippen molar-refractivity contribution in [1.29, 1.82) is 0 Å². The molecule has 1 fully saturated rings. The lowest BCUT2D eigenvalue weighted by atomic mass is 10.00. The van der Waals surface area contributed by atoms with E-state index in [0.717, 1.165) is 24.6 Å². The second kappa shape index (κ2) is 4.22. The highest BCUT2D eigenvalue weighted by atomic mass is 16.5. The number of rotatable bonds is 4. The summed E-state index contributed by atoms with van der Waals surface area (Å²) in [6.45, 7) is 3.80. The van der Waals surface area contributed by atoms with Crippen molar-refractivity contribution in [2.75, 3.05) is 27.3 Å². The maximum Gasteiger partial charge on any atom is 0.164 e. The summed E-state index contributed by atoms with van der Waals surface area (Å²) in [5, 5.41) is 3.19. The highest BCUT2D eigenvalue weighted by molar-refractivity contribution is 5.46. The molecule has 0 aromatic heterocycles. The van der Waals surface area contributed by atoms with E-state index in [-0.39, 0.29) is 5.60 Å². The Morgan fingerprint density at radius 1 is 1.12 bits per heavy atom. The van der Waals surface area contributed by atoms with Crippen molar-refractivity contribution in [3.05, 3.63) is 18.2 Å². The Hall–Kier alpha value is -1.42. The number of ether oxygens (including phenoxy) is 3. The maximum atomic E-state index is 5.92. The Bertz CT molecular complexity index is 375. The van der Waals surface area contributed by atoms with Crippen LogP contribution in [-0.4, -0.2) is 32.9 Å². The topological polar surface area (TPSA) is 39.7 Å². The predicted octanol–water partition coefficient (Wildman–Crippen LogP) is 1.44. The van der Waals surface area contributed by atoms with Crippen molar-refractivity contribution in [3.63, 3.8) is 0 Å². The van der Waals surface area contributed by atoms with E-state index in [2.05, 4.69) is 12.2 Å². The molecule has 1 saturated heterocycles. The number of hydrogen-bond acceptors (Lipinski definition) is 4. The van der Waals surface area contributed by atoms with E-state index >= 15 is 0 Å². The molecule has 1 aromatic carbocycles. The second-order valence-electron chi connectivity index (χ2n) is 4.17. The number of nitrogens with one attached hydrogen (secondary N) is 1. The molecule has 1 aliphatic heterocycles. The first-order valence-corrected chi connectivity index (χ1v) is 5.29. The van der Waals surface area contributed by atoms with Crippen molar-refractivity contribution in [3.8, 4) is 17.2 Å². The van der Waals surface area contributed by atoms with Gasteiger partial charge in [-0.15, -0.1) is 0 Å². The summed E-state index contributed by atoms with van der Waals surface area (Å²) < 4.78 is 16.3. The predicted molar refractivity (Wildman–Crippen MR) is 61.4 cm³/mol. The van der Waals surface area contributed by atoms with Crippen LogP contribution in [0.2, 0.25) is 0 Å². The normalized spacial score (nSPS) is 17.4. The largest absolute Gasteiger partial charge is 0.497 e. The minimum Gasteiger partial charge on any atom is -0.497 e. The van der Waals surface area contributed by atoms with Gasteiger partial charge in [-0.25, -0.2) is 0 Å². The van der Waals surface area contributed by atoms with Crippen LogP contribution in [0.5, 0.6) is 17.2 Å². The summed E-state index contributed by atoms with van der Waals surface area (Å²) in [5.74, 6) is 2.22. The van der Waals surface area contributed by atoms with Crippen LogP contribution in [0.1, 0.15) is 6.92 Å². The van der Waals surface area contributed by atoms with Gasteiger partial charge < -0.3 is 19.5 Å². The van der Waals surface area contributed by atoms with Crippen LogP contribution >= 0.6 is 0 Å². The Morgan fingerprint density at radius 3 is 2.38 bits per heavy atom. The molecule has 4 nitrogen and oxygen atoms in total. The van der Waals surface area contributed by atoms with Gasteiger partial charge in [-0.3, -0.25) is 0 Å². The van der Waals surface area contributed by atoms with Crippen molar-refractivity contribution in [1.82, 2.24) is 5.32 Å². The fourth-order valence-electron chi connectivity index (χ4n) is 1.67. The molecule has 0 spiro atoms. The van der Waals surface area contributed by atoms with Crippen LogP contribution in [0.3, 0.4) is 0 Å². The fourth-order valence-corrected chi connectivity index (χ4v) is 1.67. The zero-order valence-corrected chi connectivity index (χ0v) is 9.87. The average Bonchev–Trinajstić information content (AvgIpc) is 2.27. The Labute approximate surface area is 95.5 Å². The Morgan fingerprint density at radius 2 is 1.88 bits per heavy atom. The third kappa shape index (κ3) is 2.07. The van der Waals surface area contributed by atoms with Gasteiger partial charge in [0.15, 0.2) is 11.5 Å². The van der Waals surface area contributed by atoms with Crippen molar-refractivity contribution in [2.45, 2.75) is 12.5 Å². The van der Waals surface area contributed by atoms with Crippen LogP contribution in [0.4, 0.5) is 0 Å². The summed E-state index contributed by atoms with van der Waals surface area (Å²) in [6.07, 6.45) is 0. The first kappa shape index (κ1) is 11.1. The van der Waals surface area contributed by atoms with Gasteiger partial charge in [-0.2, -0.15) is 0 Å². The first-order valence-electron chi connectivity index (χ1n) is 5.29. The minimum atomic E-state index is -0.123. The van der Waals surface area contributed by atoms with Gasteiger partial charge in [-0.05, 0) is 19.1 Å². The molecule has 0 saturated carbocycles. The lowest BCUT2D eigenvalue weighted by molar-refractivity contribution is 0.0323. The summed E-state index contributed by atoms with van der Waals surface area (Å²) in [7, 11) is 3.26. The van der Waals surface area contributed by atoms with E-state index in [1.54, 1.807) is 14.2 Å². The third-order valence-corrected chi connectivity index (χ3v) is 2.73. The SMILES string of the molecule is COc1ccc(OC2(C)CNC2)c(OC)c1. The molecule has 1 N–H and O–H groups in total. The Balaban J connectivity index is 2.19. The van der Waals surface area contributed by atoms with E-state index in [0.29, 0.717) is 5.75 Å². The van der Waals surface area contributed by atoms with Crippen LogP contribution in [-0.2, 0) is 0 Å². The van der Waals surface area contributed by atoms with Gasteiger partial charge in [0, 0.05) is 19.2 Å². The van der Waals surface area contributed by atoms with E-state index in [1.165, 1.54) is 0 Å². The summed E-state index contributed by atoms with van der Waals surface area (Å²) >= 11 is 0. The summed E-state index contributed by atoms with van der Waals surface area (Å²) in [5.41, 5.74) is -0.123. The smallest absolute Gasteiger partial charge is 0.164 e. The standard InChI is InChI=1S/C12H17NO3/c1-12(7-13-8-12)16-10-5-4-9(14-2)6-11(10)15-3/h4-6,13H,7-8H2,1-3H3. The lowest BCUT2D eigenvalue weighted by Gasteiger charge is -2.39. The highest BCUT2D eigenvalue weighted by Crippen LogP contribution is 2.34. The molecule has 1 aromatic rings. The number of benzene rings is 1. The van der Waals surface area contributed by atoms with Gasteiger partial charge in [-0.1, -0.05) is 0 Å². The first-order chi connectivity index (χ1) is 7.67. The maximum absolute atomic E-state index is 5.92. The van der Waals surface area contributed by atoms with Gasteiger partial charge in [0.1, 0.15) is 11.4 Å². The second-order valence-corrected chi connectivity index (χ2v) is 4.17. The number of methoxy groups -OCH3 is 2. The van der Waals surface area contributed by atoms with Crippen LogP contribution in [0.15, 0.2) is 18.2 Å². The molecular formula is C12H17NO3. The molecule has 88 valence electrons. The molecule has 16 heavy (non-hydrogen) atoms. The van der Waals surface area contributed by atoms with Crippen LogP contribution < -0.4 is 19.5 Å². The van der Waals surface area contributed by atoms with Gasteiger partial charge in [0.2, 0.25) is 0 Å². The molecule has 1 aliphatic rings. The zero-order chi connectivity index (χ0) is 11.6. The molecule has 0 bridgehead atoms. The highest BCUT2D eigenvalue weighted by Gasteiger charge is 2.34. The van der Waals surface area contributed by atoms with Crippen LogP contribution in [0.25, 0.3) is 0 Å². The Kier molecular flexibility index (Phi) is 2.92. The van der Waals surface area contributed by atoms with Gasteiger partial charge >= 0.3 is 0 Å². The van der Waals surface area contributed by atoms with E-state index < -0.39 is 0 Å². The molecular weight excluding hydrogens is 206 g/mol. The molecule has 0 aliphatic carbocycles. The quantitative estimate of drug-likeness (QED) is 0.838. The fraction of sp³-hybridized carbons (Fsp3) is 0.500. The van der Waals surface area contributed by atoms with Gasteiger partial charge in [0.05, 0.1) is 14.2 Å². The van der Waals surface area contributed by atoms with E-state index in [1.807, 2.05) is 18.2 Å². The molecule has 4 heteroatoms. The van der Waals surface area contributed by atoms with E-state index in [4.69, 9.17) is 14.2 Å². The van der Waals surface area contributed by atoms with Gasteiger partial charge in [0.25, 0.3) is 0 Å². The van der Waals surface area contributed by atoms with E-state index in [9.17, 15) is 0 Å². The van der Waals surface area contributed by atoms with Crippen molar-refractivity contribution < 1.29 is 14.2 Å². The minimum absolute atomic E-state index is 0.123. The number of hydrogen-bond donors (Lipinski definition) is 1. The third-order valence-electron chi connectivity index (χ3n) is 2.73. The molecule has 2 rings (SSSR count). The average molecular weight is 223 g/mol. The molecule has 0 unspecified atom stereocenters. The van der Waals surface area contributed by atoms with Crippen molar-refractivity contribution >= 4 is 0 Å². The molecule has 0 radical (unpaired) electrons. The molecule has 0 amide bonds. The van der Waals surface area contributed by atoms with Crippen molar-refractivity contribution in [2.24, 2.45) is 0 Å². The molecule has 0 atom stereocenters. The summed E-state index contributed by atoms with van der Waals surface area (Å²) in [4.78, 5) is 0. The monoisotopic (exact) mass is 223 g/mol. The van der Waals surface area contributed by atoms with Crippen LogP contribution in [0, 0.1) is 0 Å². The lowest BCUT2D eigenvalue weighted by Crippen LogP contribution is -2.61. The zero-order valence-electron chi connectivity index (χ0n) is 9.87.